The van der Waals surface area contributed by atoms with Gasteiger partial charge in [0.2, 0.25) is 0 Å². The molecule has 0 saturated heterocycles. The van der Waals surface area contributed by atoms with Gasteiger partial charge in [-0.25, -0.2) is 0 Å². The molecule has 4 nitrogen and oxygen atoms in total. The highest BCUT2D eigenvalue weighted by molar-refractivity contribution is 6.30. The summed E-state index contributed by atoms with van der Waals surface area (Å²) in [6.45, 7) is 1.06. The van der Waals surface area contributed by atoms with E-state index in [1.54, 1.807) is 12.1 Å². The quantitative estimate of drug-likeness (QED) is 0.737. The second-order valence-electron chi connectivity index (χ2n) is 5.35. The van der Waals surface area contributed by atoms with Crippen LogP contribution < -0.4 is 10.1 Å². The largest absolute Gasteiger partial charge is 0.488 e. The number of rotatable bonds is 4. The van der Waals surface area contributed by atoms with Crippen molar-refractivity contribution in [1.29, 1.82) is 0 Å². The summed E-state index contributed by atoms with van der Waals surface area (Å²) >= 11 is 6.13. The number of aliphatic hydroxyl groups is 2. The molecule has 1 heterocycles. The average Bonchev–Trinajstić information content (AvgIpc) is 2.64. The van der Waals surface area contributed by atoms with E-state index < -0.39 is 5.60 Å². The fourth-order valence-electron chi connectivity index (χ4n) is 2.83. The number of hydrogen-bond acceptors (Lipinski definition) is 4. The molecular weight excluding hydrogens is 337 g/mol. The lowest BCUT2D eigenvalue weighted by Crippen LogP contribution is -2.40. The van der Waals surface area contributed by atoms with Gasteiger partial charge in [0, 0.05) is 23.7 Å². The van der Waals surface area contributed by atoms with E-state index in [1.807, 2.05) is 30.3 Å². The van der Waals surface area contributed by atoms with Crippen LogP contribution in [0.25, 0.3) is 0 Å². The SMILES string of the molecule is Cl.OCCNCC1(O)c2cc(Cl)ccc2COc2ccccc21. The van der Waals surface area contributed by atoms with Crippen molar-refractivity contribution >= 4 is 24.0 Å². The van der Waals surface area contributed by atoms with Gasteiger partial charge in [0.15, 0.2) is 0 Å². The standard InChI is InChI=1S/C17H18ClNO3.ClH/c18-13-6-5-12-10-22-16-4-2-1-3-14(16)17(21,15(12)9-13)11-19-7-8-20;/h1-6,9,19-21H,7-8,10-11H2;1H. The third-order valence-corrected chi connectivity index (χ3v) is 4.14. The van der Waals surface area contributed by atoms with Crippen LogP contribution in [-0.4, -0.2) is 29.9 Å². The van der Waals surface area contributed by atoms with Gasteiger partial charge in [-0.1, -0.05) is 35.9 Å². The number of nitrogens with one attached hydrogen (secondary N) is 1. The van der Waals surface area contributed by atoms with Crippen molar-refractivity contribution in [1.82, 2.24) is 5.32 Å². The number of benzene rings is 2. The molecule has 124 valence electrons. The third-order valence-electron chi connectivity index (χ3n) is 3.90. The number of halogens is 2. The molecule has 1 aliphatic rings. The molecule has 3 rings (SSSR count). The van der Waals surface area contributed by atoms with Crippen molar-refractivity contribution in [2.75, 3.05) is 19.7 Å². The zero-order chi connectivity index (χ0) is 15.6. The molecule has 2 aromatic carbocycles. The topological polar surface area (TPSA) is 61.7 Å². The molecule has 0 aromatic heterocycles. The van der Waals surface area contributed by atoms with Crippen LogP contribution in [0.3, 0.4) is 0 Å². The molecule has 1 atom stereocenters. The van der Waals surface area contributed by atoms with E-state index in [1.165, 1.54) is 0 Å². The molecule has 6 heteroatoms. The minimum absolute atomic E-state index is 0. The number of aliphatic hydroxyl groups excluding tert-OH is 1. The van der Waals surface area contributed by atoms with E-state index in [4.69, 9.17) is 21.4 Å². The summed E-state index contributed by atoms with van der Waals surface area (Å²) in [7, 11) is 0. The minimum atomic E-state index is -1.26. The third kappa shape index (κ3) is 3.47. The van der Waals surface area contributed by atoms with Crippen molar-refractivity contribution in [3.05, 3.63) is 64.2 Å². The van der Waals surface area contributed by atoms with Crippen molar-refractivity contribution in [3.63, 3.8) is 0 Å². The lowest BCUT2D eigenvalue weighted by Gasteiger charge is -2.30. The van der Waals surface area contributed by atoms with Gasteiger partial charge in [0.1, 0.15) is 18.0 Å². The second kappa shape index (κ2) is 7.51. The van der Waals surface area contributed by atoms with Crippen LogP contribution in [0.5, 0.6) is 5.75 Å². The number of para-hydroxylation sites is 1. The molecule has 0 bridgehead atoms. The fraction of sp³-hybridized carbons (Fsp3) is 0.294. The molecule has 1 unspecified atom stereocenters. The molecule has 0 saturated carbocycles. The van der Waals surface area contributed by atoms with E-state index in [2.05, 4.69) is 5.32 Å². The molecule has 2 aromatic rings. The van der Waals surface area contributed by atoms with Gasteiger partial charge in [-0.15, -0.1) is 12.4 Å². The Morgan fingerprint density at radius 1 is 1.17 bits per heavy atom. The Morgan fingerprint density at radius 3 is 2.74 bits per heavy atom. The summed E-state index contributed by atoms with van der Waals surface area (Å²) in [4.78, 5) is 0. The maximum Gasteiger partial charge on any atom is 0.131 e. The Labute approximate surface area is 146 Å². The highest BCUT2D eigenvalue weighted by Gasteiger charge is 2.38. The van der Waals surface area contributed by atoms with Crippen molar-refractivity contribution < 1.29 is 14.9 Å². The van der Waals surface area contributed by atoms with Gasteiger partial charge in [0.25, 0.3) is 0 Å². The van der Waals surface area contributed by atoms with Crippen LogP contribution in [-0.2, 0) is 12.2 Å². The van der Waals surface area contributed by atoms with Gasteiger partial charge >= 0.3 is 0 Å². The smallest absolute Gasteiger partial charge is 0.131 e. The average molecular weight is 356 g/mol. The number of fused-ring (bicyclic) bond motifs is 2. The summed E-state index contributed by atoms with van der Waals surface area (Å²) in [5.74, 6) is 0.656. The number of ether oxygens (including phenoxy) is 1. The fourth-order valence-corrected chi connectivity index (χ4v) is 3.01. The lowest BCUT2D eigenvalue weighted by atomic mass is 9.83. The van der Waals surface area contributed by atoms with E-state index in [0.29, 0.717) is 29.5 Å². The normalized spacial score (nSPS) is 18.9. The van der Waals surface area contributed by atoms with E-state index in [0.717, 1.165) is 11.1 Å². The predicted octanol–water partition coefficient (Wildman–Crippen LogP) is 2.47. The zero-order valence-electron chi connectivity index (χ0n) is 12.5. The summed E-state index contributed by atoms with van der Waals surface area (Å²) in [6, 6.07) is 12.9. The Balaban J connectivity index is 0.00000192. The first-order valence-electron chi connectivity index (χ1n) is 7.20. The molecule has 0 aliphatic carbocycles. The maximum absolute atomic E-state index is 11.4. The highest BCUT2D eigenvalue weighted by atomic mass is 35.5. The minimum Gasteiger partial charge on any atom is -0.488 e. The van der Waals surface area contributed by atoms with E-state index >= 15 is 0 Å². The summed E-state index contributed by atoms with van der Waals surface area (Å²) in [5.41, 5.74) is 1.06. The Bertz CT molecular complexity index is 681. The molecule has 1 aliphatic heterocycles. The van der Waals surface area contributed by atoms with Crippen molar-refractivity contribution in [2.45, 2.75) is 12.2 Å². The zero-order valence-corrected chi connectivity index (χ0v) is 14.0. The maximum atomic E-state index is 11.4. The van der Waals surface area contributed by atoms with Gasteiger partial charge in [0.05, 0.1) is 6.61 Å². The molecule has 3 N–H and O–H groups in total. The molecule has 0 fully saturated rings. The van der Waals surface area contributed by atoms with Crippen molar-refractivity contribution in [3.8, 4) is 5.75 Å². The van der Waals surface area contributed by atoms with Crippen LogP contribution >= 0.6 is 24.0 Å². The lowest BCUT2D eigenvalue weighted by molar-refractivity contribution is 0.0779. The van der Waals surface area contributed by atoms with Crippen molar-refractivity contribution in [2.24, 2.45) is 0 Å². The van der Waals surface area contributed by atoms with E-state index in [9.17, 15) is 5.11 Å². The first-order valence-corrected chi connectivity index (χ1v) is 7.58. The van der Waals surface area contributed by atoms with Gasteiger partial charge in [-0.05, 0) is 29.3 Å². The monoisotopic (exact) mass is 355 g/mol. The van der Waals surface area contributed by atoms with Gasteiger partial charge in [-0.3, -0.25) is 0 Å². The summed E-state index contributed by atoms with van der Waals surface area (Å²) in [6.07, 6.45) is 0. The first kappa shape index (κ1) is 18.0. The van der Waals surface area contributed by atoms with Gasteiger partial charge in [-0.2, -0.15) is 0 Å². The molecule has 0 spiro atoms. The van der Waals surface area contributed by atoms with Crippen LogP contribution in [0.15, 0.2) is 42.5 Å². The highest BCUT2D eigenvalue weighted by Crippen LogP contribution is 2.40. The van der Waals surface area contributed by atoms with Crippen LogP contribution in [0.4, 0.5) is 0 Å². The number of hydrogen-bond donors (Lipinski definition) is 3. The predicted molar refractivity (Wildman–Crippen MR) is 92.4 cm³/mol. The first-order chi connectivity index (χ1) is 10.6. The van der Waals surface area contributed by atoms with Crippen LogP contribution in [0.1, 0.15) is 16.7 Å². The Morgan fingerprint density at radius 2 is 1.96 bits per heavy atom. The second-order valence-corrected chi connectivity index (χ2v) is 5.78. The molecular formula is C17H19Cl2NO3. The van der Waals surface area contributed by atoms with Gasteiger partial charge < -0.3 is 20.3 Å². The Kier molecular flexibility index (Phi) is 5.89. The van der Waals surface area contributed by atoms with Crippen LogP contribution in [0, 0.1) is 0 Å². The molecule has 23 heavy (non-hydrogen) atoms. The molecule has 0 radical (unpaired) electrons. The summed E-state index contributed by atoms with van der Waals surface area (Å²) < 4.78 is 5.84. The summed E-state index contributed by atoms with van der Waals surface area (Å²) in [5, 5.41) is 24.0. The molecule has 0 amide bonds. The Hall–Kier alpha value is -1.30. The van der Waals surface area contributed by atoms with E-state index in [-0.39, 0.29) is 25.6 Å². The van der Waals surface area contributed by atoms with Crippen LogP contribution in [0.2, 0.25) is 5.02 Å².